The quantitative estimate of drug-likeness (QED) is 0.601. The molecule has 0 aliphatic heterocycles. The van der Waals surface area contributed by atoms with Gasteiger partial charge in [0.15, 0.2) is 11.0 Å². The second-order valence-electron chi connectivity index (χ2n) is 4.23. The number of ether oxygens (including phenoxy) is 1. The molecule has 5 heteroatoms. The first-order chi connectivity index (χ1) is 9.24. The monoisotopic (exact) mass is 277 g/mol. The minimum Gasteiger partial charge on any atom is -0.381 e. The third-order valence-electron chi connectivity index (χ3n) is 2.88. The van der Waals surface area contributed by atoms with Gasteiger partial charge in [0.2, 0.25) is 0 Å². The molecule has 0 unspecified atom stereocenters. The Balaban J connectivity index is 2.12. The molecule has 0 aliphatic carbocycles. The maximum Gasteiger partial charge on any atom is 0.191 e. The second-order valence-corrected chi connectivity index (χ2v) is 5.29. The standard InChI is InChI=1S/C14H19N3OS/c1-4-18-9-10-19-14-16-15-13(17(14)3)12-8-6-5-7-11(12)2/h5-8H,4,9-10H2,1-3H3. The lowest BCUT2D eigenvalue weighted by atomic mass is 10.1. The van der Waals surface area contributed by atoms with Crippen molar-refractivity contribution in [2.75, 3.05) is 19.0 Å². The predicted octanol–water partition coefficient (Wildman–Crippen LogP) is 2.92. The fourth-order valence-corrected chi connectivity index (χ4v) is 2.60. The molecule has 1 heterocycles. The van der Waals surface area contributed by atoms with E-state index < -0.39 is 0 Å². The molecule has 1 aromatic heterocycles. The fourth-order valence-electron chi connectivity index (χ4n) is 1.84. The van der Waals surface area contributed by atoms with Crippen LogP contribution in [0.1, 0.15) is 12.5 Å². The van der Waals surface area contributed by atoms with Crippen LogP contribution in [0.5, 0.6) is 0 Å². The van der Waals surface area contributed by atoms with Gasteiger partial charge in [0.25, 0.3) is 0 Å². The van der Waals surface area contributed by atoms with Crippen molar-refractivity contribution in [3.63, 3.8) is 0 Å². The van der Waals surface area contributed by atoms with E-state index in [9.17, 15) is 0 Å². The van der Waals surface area contributed by atoms with Crippen molar-refractivity contribution in [3.8, 4) is 11.4 Å². The SMILES string of the molecule is CCOCCSc1nnc(-c2ccccc2C)n1C. The van der Waals surface area contributed by atoms with Crippen LogP contribution >= 0.6 is 11.8 Å². The van der Waals surface area contributed by atoms with Gasteiger partial charge < -0.3 is 9.30 Å². The third-order valence-corrected chi connectivity index (χ3v) is 3.87. The van der Waals surface area contributed by atoms with E-state index in [-0.39, 0.29) is 0 Å². The lowest BCUT2D eigenvalue weighted by molar-refractivity contribution is 0.164. The number of nitrogens with zero attached hydrogens (tertiary/aromatic N) is 3. The van der Waals surface area contributed by atoms with Crippen molar-refractivity contribution in [1.29, 1.82) is 0 Å². The number of aryl methyl sites for hydroxylation is 1. The Kier molecular flexibility index (Phi) is 4.99. The molecule has 102 valence electrons. The molecule has 0 N–H and O–H groups in total. The van der Waals surface area contributed by atoms with E-state index in [1.807, 2.05) is 30.7 Å². The van der Waals surface area contributed by atoms with Crippen molar-refractivity contribution < 1.29 is 4.74 Å². The largest absolute Gasteiger partial charge is 0.381 e. The number of benzene rings is 1. The van der Waals surface area contributed by atoms with Crippen LogP contribution in [0.25, 0.3) is 11.4 Å². The summed E-state index contributed by atoms with van der Waals surface area (Å²) >= 11 is 1.67. The zero-order chi connectivity index (χ0) is 13.7. The first-order valence-electron chi connectivity index (χ1n) is 6.40. The molecule has 0 aliphatic rings. The molecule has 0 atom stereocenters. The van der Waals surface area contributed by atoms with Crippen LogP contribution < -0.4 is 0 Å². The van der Waals surface area contributed by atoms with Crippen molar-refractivity contribution >= 4 is 11.8 Å². The van der Waals surface area contributed by atoms with Gasteiger partial charge in [-0.3, -0.25) is 0 Å². The van der Waals surface area contributed by atoms with Crippen LogP contribution in [0.2, 0.25) is 0 Å². The van der Waals surface area contributed by atoms with Crippen molar-refractivity contribution in [1.82, 2.24) is 14.8 Å². The van der Waals surface area contributed by atoms with Gasteiger partial charge in [-0.25, -0.2) is 0 Å². The smallest absolute Gasteiger partial charge is 0.191 e. The average molecular weight is 277 g/mol. The Bertz CT molecular complexity index is 539. The molecule has 0 amide bonds. The van der Waals surface area contributed by atoms with Gasteiger partial charge in [-0.15, -0.1) is 10.2 Å². The summed E-state index contributed by atoms with van der Waals surface area (Å²) in [6, 6.07) is 8.23. The Morgan fingerprint density at radius 3 is 2.79 bits per heavy atom. The zero-order valence-corrected chi connectivity index (χ0v) is 12.4. The molecule has 0 fully saturated rings. The predicted molar refractivity (Wildman–Crippen MR) is 78.4 cm³/mol. The number of thioether (sulfide) groups is 1. The van der Waals surface area contributed by atoms with Crippen molar-refractivity contribution in [3.05, 3.63) is 29.8 Å². The molecule has 2 rings (SSSR count). The van der Waals surface area contributed by atoms with Crippen LogP contribution in [0.15, 0.2) is 29.4 Å². The normalized spacial score (nSPS) is 10.9. The van der Waals surface area contributed by atoms with Crippen molar-refractivity contribution in [2.24, 2.45) is 7.05 Å². The molecule has 4 nitrogen and oxygen atoms in total. The Hall–Kier alpha value is -1.33. The highest BCUT2D eigenvalue weighted by molar-refractivity contribution is 7.99. The maximum absolute atomic E-state index is 5.33. The van der Waals surface area contributed by atoms with Gasteiger partial charge in [0.05, 0.1) is 6.61 Å². The summed E-state index contributed by atoms with van der Waals surface area (Å²) in [5, 5.41) is 9.48. The number of aromatic nitrogens is 3. The first-order valence-corrected chi connectivity index (χ1v) is 7.38. The first kappa shape index (κ1) is 14.1. The lowest BCUT2D eigenvalue weighted by Crippen LogP contribution is -1.99. The molecular weight excluding hydrogens is 258 g/mol. The Labute approximate surface area is 118 Å². The maximum atomic E-state index is 5.33. The summed E-state index contributed by atoms with van der Waals surface area (Å²) in [5.74, 6) is 1.81. The molecular formula is C14H19N3OS. The highest BCUT2D eigenvalue weighted by Crippen LogP contribution is 2.24. The number of rotatable bonds is 6. The molecule has 19 heavy (non-hydrogen) atoms. The van der Waals surface area contributed by atoms with Crippen LogP contribution in [0, 0.1) is 6.92 Å². The fraction of sp³-hybridized carbons (Fsp3) is 0.429. The van der Waals surface area contributed by atoms with Gasteiger partial charge in [-0.05, 0) is 19.4 Å². The highest BCUT2D eigenvalue weighted by atomic mass is 32.2. The number of hydrogen-bond donors (Lipinski definition) is 0. The number of hydrogen-bond acceptors (Lipinski definition) is 4. The highest BCUT2D eigenvalue weighted by Gasteiger charge is 2.12. The van der Waals surface area contributed by atoms with Crippen LogP contribution in [0.3, 0.4) is 0 Å². The van der Waals surface area contributed by atoms with Gasteiger partial charge in [0.1, 0.15) is 0 Å². The summed E-state index contributed by atoms with van der Waals surface area (Å²) in [5.41, 5.74) is 2.35. The van der Waals surface area contributed by atoms with Gasteiger partial charge >= 0.3 is 0 Å². The Morgan fingerprint density at radius 1 is 1.26 bits per heavy atom. The van der Waals surface area contributed by atoms with E-state index >= 15 is 0 Å². The summed E-state index contributed by atoms with van der Waals surface area (Å²) in [4.78, 5) is 0. The molecule has 0 radical (unpaired) electrons. The van der Waals surface area contributed by atoms with E-state index in [2.05, 4.69) is 29.3 Å². The minimum absolute atomic E-state index is 0.744. The molecule has 0 bridgehead atoms. The molecule has 0 saturated heterocycles. The zero-order valence-electron chi connectivity index (χ0n) is 11.6. The van der Waals surface area contributed by atoms with E-state index in [0.717, 1.165) is 35.5 Å². The molecule has 2 aromatic rings. The topological polar surface area (TPSA) is 39.9 Å². The van der Waals surface area contributed by atoms with Crippen LogP contribution in [-0.4, -0.2) is 33.7 Å². The van der Waals surface area contributed by atoms with Crippen LogP contribution in [-0.2, 0) is 11.8 Å². The lowest BCUT2D eigenvalue weighted by Gasteiger charge is -2.06. The summed E-state index contributed by atoms with van der Waals surface area (Å²) in [7, 11) is 2.00. The van der Waals surface area contributed by atoms with E-state index in [1.165, 1.54) is 5.56 Å². The van der Waals surface area contributed by atoms with E-state index in [1.54, 1.807) is 11.8 Å². The molecule has 1 aromatic carbocycles. The summed E-state index contributed by atoms with van der Waals surface area (Å²) < 4.78 is 7.37. The second kappa shape index (κ2) is 6.73. The molecule has 0 spiro atoms. The molecule has 0 saturated carbocycles. The van der Waals surface area contributed by atoms with Gasteiger partial charge in [-0.1, -0.05) is 36.0 Å². The van der Waals surface area contributed by atoms with E-state index in [4.69, 9.17) is 4.74 Å². The van der Waals surface area contributed by atoms with Gasteiger partial charge in [-0.2, -0.15) is 0 Å². The van der Waals surface area contributed by atoms with E-state index in [0.29, 0.717) is 0 Å². The summed E-state index contributed by atoms with van der Waals surface area (Å²) in [6.07, 6.45) is 0. The average Bonchev–Trinajstić information content (AvgIpc) is 2.77. The van der Waals surface area contributed by atoms with Gasteiger partial charge in [0, 0.05) is 25.0 Å². The third kappa shape index (κ3) is 3.36. The summed E-state index contributed by atoms with van der Waals surface area (Å²) in [6.45, 7) is 5.59. The van der Waals surface area contributed by atoms with Crippen molar-refractivity contribution in [2.45, 2.75) is 19.0 Å². The van der Waals surface area contributed by atoms with Crippen LogP contribution in [0.4, 0.5) is 0 Å². The minimum atomic E-state index is 0.744. The Morgan fingerprint density at radius 2 is 2.05 bits per heavy atom.